The highest BCUT2D eigenvalue weighted by molar-refractivity contribution is 5.97. The summed E-state index contributed by atoms with van der Waals surface area (Å²) < 4.78 is 4.73. The number of anilines is 2. The van der Waals surface area contributed by atoms with Crippen LogP contribution in [-0.4, -0.2) is 39.6 Å². The first-order chi connectivity index (χ1) is 8.99. The first-order valence-corrected chi connectivity index (χ1v) is 5.89. The van der Waals surface area contributed by atoms with Gasteiger partial charge in [0, 0.05) is 32.7 Å². The molecule has 1 amide bonds. The molecule has 0 saturated heterocycles. The van der Waals surface area contributed by atoms with Crippen molar-refractivity contribution in [2.45, 2.75) is 6.42 Å². The van der Waals surface area contributed by atoms with Crippen LogP contribution in [0.1, 0.15) is 16.8 Å². The number of esters is 1. The molecule has 1 aromatic carbocycles. The Balaban J connectivity index is 2.92. The Kier molecular flexibility index (Phi) is 5.17. The molecule has 0 atom stereocenters. The minimum atomic E-state index is -0.450. The maximum atomic E-state index is 11.7. The van der Waals surface area contributed by atoms with E-state index in [9.17, 15) is 9.59 Å². The number of nitrogens with one attached hydrogen (secondary N) is 1. The maximum absolute atomic E-state index is 11.7. The van der Waals surface area contributed by atoms with Crippen LogP contribution < -0.4 is 16.0 Å². The molecule has 0 aliphatic rings. The number of carbonyl (C=O) groups excluding carboxylic acids is 2. The molecule has 6 nitrogen and oxygen atoms in total. The van der Waals surface area contributed by atoms with Crippen LogP contribution in [0.5, 0.6) is 0 Å². The van der Waals surface area contributed by atoms with Crippen LogP contribution in [0.3, 0.4) is 0 Å². The van der Waals surface area contributed by atoms with Gasteiger partial charge in [-0.3, -0.25) is 4.79 Å². The molecule has 0 fully saturated rings. The van der Waals surface area contributed by atoms with E-state index in [1.165, 1.54) is 7.11 Å². The van der Waals surface area contributed by atoms with Gasteiger partial charge in [0.05, 0.1) is 18.4 Å². The van der Waals surface area contributed by atoms with E-state index in [-0.39, 0.29) is 5.91 Å². The Morgan fingerprint density at radius 1 is 1.42 bits per heavy atom. The zero-order valence-electron chi connectivity index (χ0n) is 11.4. The molecular formula is C13H19N3O3. The Morgan fingerprint density at radius 3 is 2.68 bits per heavy atom. The van der Waals surface area contributed by atoms with E-state index in [1.54, 1.807) is 32.3 Å². The van der Waals surface area contributed by atoms with Crippen LogP contribution in [0.15, 0.2) is 18.2 Å². The van der Waals surface area contributed by atoms with E-state index in [0.29, 0.717) is 29.9 Å². The zero-order chi connectivity index (χ0) is 14.4. The van der Waals surface area contributed by atoms with Gasteiger partial charge in [0.1, 0.15) is 0 Å². The van der Waals surface area contributed by atoms with Gasteiger partial charge in [-0.1, -0.05) is 0 Å². The van der Waals surface area contributed by atoms with Crippen molar-refractivity contribution in [1.29, 1.82) is 0 Å². The summed E-state index contributed by atoms with van der Waals surface area (Å²) in [5.41, 5.74) is 7.24. The fraction of sp³-hybridized carbons (Fsp3) is 0.385. The van der Waals surface area contributed by atoms with Gasteiger partial charge in [0.25, 0.3) is 0 Å². The molecule has 0 aliphatic heterocycles. The Hall–Kier alpha value is -2.24. The number of amides is 1. The van der Waals surface area contributed by atoms with Crippen molar-refractivity contribution in [3.05, 3.63) is 23.8 Å². The maximum Gasteiger partial charge on any atom is 0.340 e. The Bertz CT molecular complexity index is 474. The summed E-state index contributed by atoms with van der Waals surface area (Å²) in [5.74, 6) is -0.504. The molecular weight excluding hydrogens is 246 g/mol. The molecule has 0 spiro atoms. The average molecular weight is 265 g/mol. The van der Waals surface area contributed by atoms with Crippen molar-refractivity contribution in [2.24, 2.45) is 0 Å². The number of carbonyl (C=O) groups is 2. The lowest BCUT2D eigenvalue weighted by molar-refractivity contribution is -0.120. The van der Waals surface area contributed by atoms with Crippen molar-refractivity contribution < 1.29 is 14.3 Å². The third-order valence-electron chi connectivity index (χ3n) is 2.79. The third-order valence-corrected chi connectivity index (χ3v) is 2.79. The summed E-state index contributed by atoms with van der Waals surface area (Å²) in [6.07, 6.45) is 0.345. The first kappa shape index (κ1) is 14.8. The second-order valence-electron chi connectivity index (χ2n) is 4.11. The lowest BCUT2D eigenvalue weighted by Gasteiger charge is -2.21. The monoisotopic (exact) mass is 265 g/mol. The zero-order valence-corrected chi connectivity index (χ0v) is 11.4. The topological polar surface area (TPSA) is 84.7 Å². The number of nitrogens with two attached hydrogens (primary N) is 1. The minimum absolute atomic E-state index is 0.0538. The molecule has 19 heavy (non-hydrogen) atoms. The van der Waals surface area contributed by atoms with Gasteiger partial charge in [-0.05, 0) is 18.2 Å². The summed E-state index contributed by atoms with van der Waals surface area (Å²) in [6, 6.07) is 5.02. The summed E-state index contributed by atoms with van der Waals surface area (Å²) in [5, 5.41) is 2.55. The Labute approximate surface area is 112 Å². The molecule has 0 saturated carbocycles. The molecule has 0 radical (unpaired) electrons. The molecule has 1 aromatic rings. The molecule has 0 heterocycles. The normalized spacial score (nSPS) is 9.84. The lowest BCUT2D eigenvalue weighted by Crippen LogP contribution is -2.27. The van der Waals surface area contributed by atoms with E-state index in [1.807, 2.05) is 4.90 Å². The second kappa shape index (κ2) is 6.63. The van der Waals surface area contributed by atoms with Gasteiger partial charge < -0.3 is 20.7 Å². The molecule has 1 rings (SSSR count). The number of hydrogen-bond donors (Lipinski definition) is 2. The number of hydrogen-bond acceptors (Lipinski definition) is 5. The fourth-order valence-corrected chi connectivity index (χ4v) is 1.67. The molecule has 0 unspecified atom stereocenters. The highest BCUT2D eigenvalue weighted by Gasteiger charge is 2.15. The molecule has 0 aromatic heterocycles. The van der Waals surface area contributed by atoms with Crippen LogP contribution in [0.4, 0.5) is 11.4 Å². The predicted molar refractivity (Wildman–Crippen MR) is 74.1 cm³/mol. The van der Waals surface area contributed by atoms with E-state index < -0.39 is 5.97 Å². The van der Waals surface area contributed by atoms with E-state index in [4.69, 9.17) is 10.5 Å². The van der Waals surface area contributed by atoms with Crippen molar-refractivity contribution in [3.8, 4) is 0 Å². The summed E-state index contributed by atoms with van der Waals surface area (Å²) in [4.78, 5) is 24.7. The van der Waals surface area contributed by atoms with Gasteiger partial charge in [0.2, 0.25) is 5.91 Å². The number of methoxy groups -OCH3 is 1. The number of ether oxygens (including phenoxy) is 1. The van der Waals surface area contributed by atoms with Crippen LogP contribution >= 0.6 is 0 Å². The molecule has 6 heteroatoms. The van der Waals surface area contributed by atoms with E-state index in [0.717, 1.165) is 0 Å². The van der Waals surface area contributed by atoms with Gasteiger partial charge >= 0.3 is 5.97 Å². The lowest BCUT2D eigenvalue weighted by atomic mass is 10.1. The highest BCUT2D eigenvalue weighted by atomic mass is 16.5. The quantitative estimate of drug-likeness (QED) is 0.602. The van der Waals surface area contributed by atoms with E-state index >= 15 is 0 Å². The van der Waals surface area contributed by atoms with Crippen molar-refractivity contribution >= 4 is 23.3 Å². The van der Waals surface area contributed by atoms with Crippen molar-refractivity contribution in [3.63, 3.8) is 0 Å². The first-order valence-electron chi connectivity index (χ1n) is 5.89. The number of rotatable bonds is 5. The number of nitrogens with zero attached hydrogens (tertiary/aromatic N) is 1. The Morgan fingerprint density at radius 2 is 2.11 bits per heavy atom. The van der Waals surface area contributed by atoms with Crippen molar-refractivity contribution in [2.75, 3.05) is 38.4 Å². The van der Waals surface area contributed by atoms with Gasteiger partial charge in [-0.15, -0.1) is 0 Å². The summed E-state index contributed by atoms with van der Waals surface area (Å²) >= 11 is 0. The minimum Gasteiger partial charge on any atom is -0.465 e. The molecule has 104 valence electrons. The third kappa shape index (κ3) is 3.87. The van der Waals surface area contributed by atoms with E-state index in [2.05, 4.69) is 5.32 Å². The fourth-order valence-electron chi connectivity index (χ4n) is 1.67. The van der Waals surface area contributed by atoms with Crippen molar-refractivity contribution in [1.82, 2.24) is 5.32 Å². The average Bonchev–Trinajstić information content (AvgIpc) is 2.43. The standard InChI is InChI=1S/C13H19N3O3/c1-15-12(17)6-7-16(2)11-5-4-9(14)8-10(11)13(18)19-3/h4-5,8H,6-7,14H2,1-3H3,(H,15,17). The van der Waals surface area contributed by atoms with Crippen LogP contribution in [-0.2, 0) is 9.53 Å². The molecule has 0 bridgehead atoms. The largest absolute Gasteiger partial charge is 0.465 e. The predicted octanol–water partition coefficient (Wildman–Crippen LogP) is 0.628. The van der Waals surface area contributed by atoms with Gasteiger partial charge in [-0.2, -0.15) is 0 Å². The van der Waals surface area contributed by atoms with Gasteiger partial charge in [0.15, 0.2) is 0 Å². The van der Waals surface area contributed by atoms with Gasteiger partial charge in [-0.25, -0.2) is 4.79 Å². The number of benzene rings is 1. The van der Waals surface area contributed by atoms with Crippen LogP contribution in [0, 0.1) is 0 Å². The summed E-state index contributed by atoms with van der Waals surface area (Å²) in [6.45, 7) is 0.494. The number of nitrogen functional groups attached to an aromatic ring is 1. The summed E-state index contributed by atoms with van der Waals surface area (Å²) in [7, 11) is 4.71. The second-order valence-corrected chi connectivity index (χ2v) is 4.11. The highest BCUT2D eigenvalue weighted by Crippen LogP contribution is 2.23. The van der Waals surface area contributed by atoms with Crippen LogP contribution in [0.25, 0.3) is 0 Å². The SMILES string of the molecule is CNC(=O)CCN(C)c1ccc(N)cc1C(=O)OC. The van der Waals surface area contributed by atoms with Crippen LogP contribution in [0.2, 0.25) is 0 Å². The smallest absolute Gasteiger partial charge is 0.340 e. The molecule has 3 N–H and O–H groups in total. The molecule has 0 aliphatic carbocycles.